The molecule has 1 aliphatic heterocycles. The Balaban J connectivity index is 1.96. The maximum atomic E-state index is 12.9. The molecular weight excluding hydrogens is 336 g/mol. The molecule has 0 bridgehead atoms. The number of fused-ring (bicyclic) bond motifs is 1. The van der Waals surface area contributed by atoms with Gasteiger partial charge in [-0.3, -0.25) is 19.2 Å². The van der Waals surface area contributed by atoms with Crippen molar-refractivity contribution in [3.63, 3.8) is 0 Å². The van der Waals surface area contributed by atoms with Gasteiger partial charge in [-0.2, -0.15) is 0 Å². The second kappa shape index (κ2) is 6.37. The summed E-state index contributed by atoms with van der Waals surface area (Å²) in [6.45, 7) is 6.02. The zero-order valence-electron chi connectivity index (χ0n) is 15.3. The van der Waals surface area contributed by atoms with Gasteiger partial charge in [0.25, 0.3) is 11.5 Å². The third-order valence-electron chi connectivity index (χ3n) is 5.51. The standard InChI is InChI=1S/C19H24N2O5/c1-10-11(18(25)26)5-4-6-21(10)17(24)13-7-12-14(20-16(13)23)8-19(2,3)9-15(12)22/h7,10-11H,4-6,8-9H2,1-3H3,(H,20,23)(H,25,26)/t10-,11-/m1/s1. The predicted molar refractivity (Wildman–Crippen MR) is 94.4 cm³/mol. The monoisotopic (exact) mass is 360 g/mol. The molecule has 0 unspecified atom stereocenters. The first kappa shape index (κ1) is 18.4. The van der Waals surface area contributed by atoms with Gasteiger partial charge >= 0.3 is 5.97 Å². The van der Waals surface area contributed by atoms with Crippen LogP contribution in [0.4, 0.5) is 0 Å². The van der Waals surface area contributed by atoms with Crippen molar-refractivity contribution in [3.05, 3.63) is 33.2 Å². The van der Waals surface area contributed by atoms with E-state index in [1.54, 1.807) is 6.92 Å². The van der Waals surface area contributed by atoms with Crippen LogP contribution in [-0.4, -0.2) is 45.2 Å². The van der Waals surface area contributed by atoms with E-state index in [-0.39, 0.29) is 16.8 Å². The van der Waals surface area contributed by atoms with E-state index in [1.165, 1.54) is 11.0 Å². The molecule has 3 rings (SSSR count). The fourth-order valence-corrected chi connectivity index (χ4v) is 4.10. The molecular formula is C19H24N2O5. The van der Waals surface area contributed by atoms with Crippen LogP contribution in [0.5, 0.6) is 0 Å². The smallest absolute Gasteiger partial charge is 0.308 e. The lowest BCUT2D eigenvalue weighted by Gasteiger charge is -2.37. The highest BCUT2D eigenvalue weighted by Gasteiger charge is 2.38. The normalized spacial score (nSPS) is 24.9. The van der Waals surface area contributed by atoms with E-state index >= 15 is 0 Å². The molecule has 1 saturated heterocycles. The third-order valence-corrected chi connectivity index (χ3v) is 5.51. The van der Waals surface area contributed by atoms with Crippen molar-refractivity contribution in [3.8, 4) is 0 Å². The molecule has 7 heteroatoms. The Morgan fingerprint density at radius 3 is 2.62 bits per heavy atom. The molecule has 1 aliphatic carbocycles. The molecule has 1 aromatic heterocycles. The average molecular weight is 360 g/mol. The summed E-state index contributed by atoms with van der Waals surface area (Å²) in [5.41, 5.74) is 0.127. The van der Waals surface area contributed by atoms with Crippen LogP contribution in [-0.2, 0) is 11.2 Å². The number of pyridine rings is 1. The van der Waals surface area contributed by atoms with Crippen molar-refractivity contribution < 1.29 is 19.5 Å². The maximum Gasteiger partial charge on any atom is 0.308 e. The Morgan fingerprint density at radius 2 is 1.96 bits per heavy atom. The number of aromatic nitrogens is 1. The molecule has 2 N–H and O–H groups in total. The number of carbonyl (C=O) groups is 3. The van der Waals surface area contributed by atoms with Crippen molar-refractivity contribution in [1.29, 1.82) is 0 Å². The highest BCUT2D eigenvalue weighted by atomic mass is 16.4. The van der Waals surface area contributed by atoms with Crippen LogP contribution in [0.15, 0.2) is 10.9 Å². The van der Waals surface area contributed by atoms with E-state index < -0.39 is 29.4 Å². The number of aliphatic carboxylic acids is 1. The summed E-state index contributed by atoms with van der Waals surface area (Å²) in [5.74, 6) is -2.18. The first-order chi connectivity index (χ1) is 12.1. The number of nitrogens with zero attached hydrogens (tertiary/aromatic N) is 1. The predicted octanol–water partition coefficient (Wildman–Crippen LogP) is 1.86. The van der Waals surface area contributed by atoms with Gasteiger partial charge in [-0.25, -0.2) is 0 Å². The summed E-state index contributed by atoms with van der Waals surface area (Å²) >= 11 is 0. The molecule has 7 nitrogen and oxygen atoms in total. The van der Waals surface area contributed by atoms with Gasteiger partial charge in [-0.15, -0.1) is 0 Å². The van der Waals surface area contributed by atoms with Crippen LogP contribution in [0.1, 0.15) is 66.4 Å². The zero-order chi connectivity index (χ0) is 19.2. The van der Waals surface area contributed by atoms with Crippen molar-refractivity contribution in [2.24, 2.45) is 11.3 Å². The SMILES string of the molecule is C[C@@H]1[C@H](C(=O)O)CCCN1C(=O)c1cc2c([nH]c1=O)CC(C)(C)CC2=O. The molecule has 26 heavy (non-hydrogen) atoms. The fourth-order valence-electron chi connectivity index (χ4n) is 4.10. The van der Waals surface area contributed by atoms with Crippen LogP contribution in [0.3, 0.4) is 0 Å². The topological polar surface area (TPSA) is 108 Å². The molecule has 1 fully saturated rings. The first-order valence-corrected chi connectivity index (χ1v) is 8.94. The second-order valence-electron chi connectivity index (χ2n) is 8.17. The largest absolute Gasteiger partial charge is 0.481 e. The molecule has 140 valence electrons. The Labute approximate surface area is 151 Å². The number of carbonyl (C=O) groups excluding carboxylic acids is 2. The number of ketones is 1. The summed E-state index contributed by atoms with van der Waals surface area (Å²) < 4.78 is 0. The minimum absolute atomic E-state index is 0.0864. The van der Waals surface area contributed by atoms with Gasteiger partial charge in [0, 0.05) is 30.3 Å². The van der Waals surface area contributed by atoms with E-state index in [9.17, 15) is 24.3 Å². The van der Waals surface area contributed by atoms with E-state index in [2.05, 4.69) is 4.98 Å². The molecule has 0 aromatic carbocycles. The minimum Gasteiger partial charge on any atom is -0.481 e. The summed E-state index contributed by atoms with van der Waals surface area (Å²) in [6.07, 6.45) is 2.01. The summed E-state index contributed by atoms with van der Waals surface area (Å²) in [6, 6.07) is 0.893. The summed E-state index contributed by atoms with van der Waals surface area (Å²) in [7, 11) is 0. The summed E-state index contributed by atoms with van der Waals surface area (Å²) in [5, 5.41) is 9.32. The lowest BCUT2D eigenvalue weighted by molar-refractivity contribution is -0.144. The average Bonchev–Trinajstić information content (AvgIpc) is 2.52. The van der Waals surface area contributed by atoms with Gasteiger partial charge in [0.15, 0.2) is 5.78 Å². The Kier molecular flexibility index (Phi) is 4.50. The number of carboxylic acids is 1. The summed E-state index contributed by atoms with van der Waals surface area (Å²) in [4.78, 5) is 53.4. The number of hydrogen-bond acceptors (Lipinski definition) is 4. The van der Waals surface area contributed by atoms with E-state index in [4.69, 9.17) is 0 Å². The Hall–Kier alpha value is -2.44. The number of rotatable bonds is 2. The van der Waals surface area contributed by atoms with Gasteiger partial charge in [0.05, 0.1) is 5.92 Å². The second-order valence-corrected chi connectivity index (χ2v) is 8.17. The molecule has 0 radical (unpaired) electrons. The number of aromatic amines is 1. The van der Waals surface area contributed by atoms with Crippen LogP contribution < -0.4 is 5.56 Å². The van der Waals surface area contributed by atoms with Crippen molar-refractivity contribution >= 4 is 17.7 Å². The zero-order valence-corrected chi connectivity index (χ0v) is 15.3. The van der Waals surface area contributed by atoms with Gasteiger partial charge in [-0.05, 0) is 37.7 Å². The fraction of sp³-hybridized carbons (Fsp3) is 0.579. The van der Waals surface area contributed by atoms with Crippen molar-refractivity contribution in [2.45, 2.75) is 52.5 Å². The van der Waals surface area contributed by atoms with Gasteiger partial charge < -0.3 is 15.0 Å². The van der Waals surface area contributed by atoms with Gasteiger partial charge in [-0.1, -0.05) is 13.8 Å². The van der Waals surface area contributed by atoms with Crippen molar-refractivity contribution in [1.82, 2.24) is 9.88 Å². The first-order valence-electron chi connectivity index (χ1n) is 8.94. The number of amides is 1. The van der Waals surface area contributed by atoms with Gasteiger partial charge in [0.2, 0.25) is 0 Å². The van der Waals surface area contributed by atoms with Crippen LogP contribution >= 0.6 is 0 Å². The van der Waals surface area contributed by atoms with E-state index in [1.807, 2.05) is 13.8 Å². The highest BCUT2D eigenvalue weighted by molar-refractivity contribution is 6.02. The quantitative estimate of drug-likeness (QED) is 0.837. The van der Waals surface area contributed by atoms with E-state index in [0.717, 1.165) is 0 Å². The molecule has 1 amide bonds. The Morgan fingerprint density at radius 1 is 1.27 bits per heavy atom. The lowest BCUT2D eigenvalue weighted by atomic mass is 9.75. The molecule has 0 spiro atoms. The Bertz CT molecular complexity index is 839. The third kappa shape index (κ3) is 3.18. The number of nitrogens with one attached hydrogen (secondary N) is 1. The van der Waals surface area contributed by atoms with Crippen LogP contribution in [0.25, 0.3) is 0 Å². The molecule has 0 saturated carbocycles. The number of likely N-dealkylation sites (tertiary alicyclic amines) is 1. The molecule has 2 heterocycles. The molecule has 1 aromatic rings. The van der Waals surface area contributed by atoms with Gasteiger partial charge in [0.1, 0.15) is 5.56 Å². The highest BCUT2D eigenvalue weighted by Crippen LogP contribution is 2.33. The minimum atomic E-state index is -0.938. The molecule has 2 atom stereocenters. The number of H-pyrrole nitrogens is 1. The number of Topliss-reactive ketones (excluding diaryl/α,β-unsaturated/α-hetero) is 1. The number of piperidine rings is 1. The van der Waals surface area contributed by atoms with E-state index in [0.29, 0.717) is 43.5 Å². The van der Waals surface area contributed by atoms with Crippen molar-refractivity contribution in [2.75, 3.05) is 6.54 Å². The maximum absolute atomic E-state index is 12.9. The van der Waals surface area contributed by atoms with Crippen LogP contribution in [0, 0.1) is 11.3 Å². The number of carboxylic acid groups (broad SMARTS) is 1. The lowest BCUT2D eigenvalue weighted by Crippen LogP contribution is -2.50. The van der Waals surface area contributed by atoms with Crippen LogP contribution in [0.2, 0.25) is 0 Å². The number of hydrogen-bond donors (Lipinski definition) is 2. The molecule has 2 aliphatic rings.